The monoisotopic (exact) mass is 335 g/mol. The van der Waals surface area contributed by atoms with Crippen molar-refractivity contribution >= 4 is 32.8 Å². The molecule has 1 aromatic carbocycles. The molecule has 20 heavy (non-hydrogen) atoms. The molecule has 0 bridgehead atoms. The topological polar surface area (TPSA) is 38.2 Å². The molecule has 1 fully saturated rings. The van der Waals surface area contributed by atoms with Gasteiger partial charge < -0.3 is 9.64 Å². The quantitative estimate of drug-likeness (QED) is 0.861. The van der Waals surface area contributed by atoms with E-state index in [1.54, 1.807) is 0 Å². The first-order chi connectivity index (χ1) is 9.72. The molecule has 1 unspecified atom stereocenters. The fraction of sp³-hybridized carbons (Fsp3) is 0.467. The summed E-state index contributed by atoms with van der Waals surface area (Å²) >= 11 is 3.46. The molecular formula is C15H18BrN3O. The molecule has 0 spiro atoms. The average Bonchev–Trinajstić information content (AvgIpc) is 2.47. The molecule has 0 aliphatic carbocycles. The Kier molecular flexibility index (Phi) is 4.17. The van der Waals surface area contributed by atoms with Crippen molar-refractivity contribution in [2.24, 2.45) is 0 Å². The maximum absolute atomic E-state index is 5.77. The number of halogens is 1. The van der Waals surface area contributed by atoms with E-state index in [0.717, 1.165) is 40.9 Å². The number of hydrogen-bond donors (Lipinski definition) is 0. The zero-order chi connectivity index (χ0) is 13.9. The zero-order valence-corrected chi connectivity index (χ0v) is 13.1. The molecule has 0 radical (unpaired) electrons. The number of benzene rings is 1. The smallest absolute Gasteiger partial charge is 0.225 e. The Morgan fingerprint density at radius 2 is 2.30 bits per heavy atom. The second-order valence-electron chi connectivity index (χ2n) is 5.24. The summed E-state index contributed by atoms with van der Waals surface area (Å²) in [5, 5.41) is 1.05. The van der Waals surface area contributed by atoms with Crippen molar-refractivity contribution in [3.05, 3.63) is 28.9 Å². The van der Waals surface area contributed by atoms with Gasteiger partial charge in [-0.2, -0.15) is 0 Å². The van der Waals surface area contributed by atoms with Gasteiger partial charge in [-0.1, -0.05) is 15.9 Å². The Balaban J connectivity index is 1.76. The zero-order valence-electron chi connectivity index (χ0n) is 11.6. The summed E-state index contributed by atoms with van der Waals surface area (Å²) in [6, 6.07) is 6.04. The Labute approximate surface area is 127 Å². The summed E-state index contributed by atoms with van der Waals surface area (Å²) in [6.07, 6.45) is 5.75. The number of aromatic nitrogens is 2. The molecule has 5 heteroatoms. The maximum atomic E-state index is 5.77. The molecule has 1 saturated heterocycles. The summed E-state index contributed by atoms with van der Waals surface area (Å²) in [5.41, 5.74) is 0.967. The van der Waals surface area contributed by atoms with Crippen molar-refractivity contribution in [1.29, 1.82) is 0 Å². The Hall–Kier alpha value is -1.20. The highest BCUT2D eigenvalue weighted by atomic mass is 79.9. The van der Waals surface area contributed by atoms with Crippen LogP contribution in [0, 0.1) is 0 Å². The van der Waals surface area contributed by atoms with Crippen LogP contribution in [-0.2, 0) is 4.74 Å². The van der Waals surface area contributed by atoms with Crippen LogP contribution >= 0.6 is 15.9 Å². The standard InChI is InChI=1S/C15H18BrN3O/c1-19(10-13-4-2-3-7-20-13)15-17-9-11-8-12(16)5-6-14(11)18-15/h5-6,8-9,13H,2-4,7,10H2,1H3. The predicted molar refractivity (Wildman–Crippen MR) is 84.1 cm³/mol. The highest BCUT2D eigenvalue weighted by Gasteiger charge is 2.17. The fourth-order valence-electron chi connectivity index (χ4n) is 2.52. The van der Waals surface area contributed by atoms with Crippen LogP contribution in [0.5, 0.6) is 0 Å². The second kappa shape index (κ2) is 6.06. The van der Waals surface area contributed by atoms with Crippen molar-refractivity contribution < 1.29 is 4.74 Å². The molecule has 3 rings (SSSR count). The van der Waals surface area contributed by atoms with Gasteiger partial charge in [-0.25, -0.2) is 9.97 Å². The molecular weight excluding hydrogens is 318 g/mol. The lowest BCUT2D eigenvalue weighted by Gasteiger charge is -2.27. The molecule has 1 atom stereocenters. The van der Waals surface area contributed by atoms with Gasteiger partial charge in [-0.3, -0.25) is 0 Å². The van der Waals surface area contributed by atoms with E-state index >= 15 is 0 Å². The number of nitrogens with zero attached hydrogens (tertiary/aromatic N) is 3. The fourth-order valence-corrected chi connectivity index (χ4v) is 2.90. The van der Waals surface area contributed by atoms with Crippen molar-refractivity contribution in [2.75, 3.05) is 25.1 Å². The van der Waals surface area contributed by atoms with Gasteiger partial charge in [0.2, 0.25) is 5.95 Å². The molecule has 2 heterocycles. The summed E-state index contributed by atoms with van der Waals surface area (Å²) < 4.78 is 6.82. The normalized spacial score (nSPS) is 19.2. The first kappa shape index (κ1) is 13.8. The first-order valence-electron chi connectivity index (χ1n) is 6.97. The van der Waals surface area contributed by atoms with Crippen molar-refractivity contribution in [2.45, 2.75) is 25.4 Å². The Morgan fingerprint density at radius 1 is 1.40 bits per heavy atom. The van der Waals surface area contributed by atoms with Gasteiger partial charge in [0.15, 0.2) is 0 Å². The van der Waals surface area contributed by atoms with Crippen molar-refractivity contribution in [3.8, 4) is 0 Å². The molecule has 1 aliphatic rings. The highest BCUT2D eigenvalue weighted by Crippen LogP contribution is 2.20. The van der Waals surface area contributed by atoms with E-state index in [1.807, 2.05) is 31.4 Å². The minimum Gasteiger partial charge on any atom is -0.376 e. The Bertz CT molecular complexity index is 599. The molecule has 0 N–H and O–H groups in total. The van der Waals surface area contributed by atoms with Crippen LogP contribution in [0.2, 0.25) is 0 Å². The highest BCUT2D eigenvalue weighted by molar-refractivity contribution is 9.10. The summed E-state index contributed by atoms with van der Waals surface area (Å²) in [5.74, 6) is 0.758. The number of ether oxygens (including phenoxy) is 1. The number of rotatable bonds is 3. The lowest BCUT2D eigenvalue weighted by atomic mass is 10.1. The van der Waals surface area contributed by atoms with Crippen LogP contribution < -0.4 is 4.90 Å². The molecule has 0 saturated carbocycles. The average molecular weight is 336 g/mol. The van der Waals surface area contributed by atoms with Crippen molar-refractivity contribution in [1.82, 2.24) is 9.97 Å². The third kappa shape index (κ3) is 3.10. The van der Waals surface area contributed by atoms with Gasteiger partial charge in [0.05, 0.1) is 11.6 Å². The second-order valence-corrected chi connectivity index (χ2v) is 6.16. The van der Waals surface area contributed by atoms with Gasteiger partial charge in [0.25, 0.3) is 0 Å². The molecule has 0 amide bonds. The number of anilines is 1. The van der Waals surface area contributed by atoms with Crippen LogP contribution in [0.15, 0.2) is 28.9 Å². The molecule has 2 aromatic rings. The van der Waals surface area contributed by atoms with Gasteiger partial charge in [-0.15, -0.1) is 0 Å². The van der Waals surface area contributed by atoms with Crippen LogP contribution in [0.1, 0.15) is 19.3 Å². The largest absolute Gasteiger partial charge is 0.376 e. The van der Waals surface area contributed by atoms with Crippen LogP contribution in [0.3, 0.4) is 0 Å². The maximum Gasteiger partial charge on any atom is 0.225 e. The van der Waals surface area contributed by atoms with E-state index in [-0.39, 0.29) is 0 Å². The SMILES string of the molecule is CN(CC1CCCCO1)c1ncc2cc(Br)ccc2n1. The van der Waals surface area contributed by atoms with Crippen molar-refractivity contribution in [3.63, 3.8) is 0 Å². The van der Waals surface area contributed by atoms with E-state index in [9.17, 15) is 0 Å². The van der Waals surface area contributed by atoms with E-state index in [2.05, 4.69) is 30.8 Å². The van der Waals surface area contributed by atoms with Gasteiger partial charge in [0, 0.05) is 36.3 Å². The Morgan fingerprint density at radius 3 is 3.10 bits per heavy atom. The number of hydrogen-bond acceptors (Lipinski definition) is 4. The summed E-state index contributed by atoms with van der Waals surface area (Å²) in [6.45, 7) is 1.73. The molecule has 106 valence electrons. The van der Waals surface area contributed by atoms with Gasteiger partial charge in [-0.05, 0) is 37.5 Å². The minimum absolute atomic E-state index is 0.304. The van der Waals surface area contributed by atoms with E-state index in [1.165, 1.54) is 12.8 Å². The van der Waals surface area contributed by atoms with Gasteiger partial charge >= 0.3 is 0 Å². The van der Waals surface area contributed by atoms with Crippen LogP contribution in [0.25, 0.3) is 10.9 Å². The van der Waals surface area contributed by atoms with E-state index < -0.39 is 0 Å². The summed E-state index contributed by atoms with van der Waals surface area (Å²) in [7, 11) is 2.03. The van der Waals surface area contributed by atoms with Crippen LogP contribution in [0.4, 0.5) is 5.95 Å². The minimum atomic E-state index is 0.304. The number of likely N-dealkylation sites (N-methyl/N-ethyl adjacent to an activating group) is 1. The molecule has 1 aromatic heterocycles. The predicted octanol–water partition coefficient (Wildman–Crippen LogP) is 3.40. The number of fused-ring (bicyclic) bond motifs is 1. The third-order valence-corrected chi connectivity index (χ3v) is 4.12. The lowest BCUT2D eigenvalue weighted by molar-refractivity contribution is 0.0214. The lowest BCUT2D eigenvalue weighted by Crippen LogP contribution is -2.34. The van der Waals surface area contributed by atoms with Gasteiger partial charge in [0.1, 0.15) is 0 Å². The molecule has 1 aliphatic heterocycles. The molecule has 4 nitrogen and oxygen atoms in total. The third-order valence-electron chi connectivity index (χ3n) is 3.62. The van der Waals surface area contributed by atoms with Crippen LogP contribution in [-0.4, -0.2) is 36.3 Å². The summed E-state index contributed by atoms with van der Waals surface area (Å²) in [4.78, 5) is 11.2. The van der Waals surface area contributed by atoms with E-state index in [4.69, 9.17) is 4.74 Å². The first-order valence-corrected chi connectivity index (χ1v) is 7.77. The van der Waals surface area contributed by atoms with E-state index in [0.29, 0.717) is 6.10 Å².